The summed E-state index contributed by atoms with van der Waals surface area (Å²) in [7, 11) is 0. The molecule has 1 aliphatic rings. The molecule has 1 fully saturated rings. The van der Waals surface area contributed by atoms with Gasteiger partial charge in [0.25, 0.3) is 5.60 Å². The smallest absolute Gasteiger partial charge is 0.475 e. The third-order valence-electron chi connectivity index (χ3n) is 6.65. The highest BCUT2D eigenvalue weighted by molar-refractivity contribution is 5.89. The lowest BCUT2D eigenvalue weighted by molar-refractivity contribution is -0.376. The number of rotatable bonds is 5. The number of anilines is 1. The van der Waals surface area contributed by atoms with Crippen LogP contribution in [-0.4, -0.2) is 81.7 Å². The summed E-state index contributed by atoms with van der Waals surface area (Å²) in [5.74, 6) is -2.76. The van der Waals surface area contributed by atoms with Crippen molar-refractivity contribution in [3.63, 3.8) is 0 Å². The third kappa shape index (κ3) is 8.85. The van der Waals surface area contributed by atoms with Crippen LogP contribution in [0, 0.1) is 0 Å². The highest BCUT2D eigenvalue weighted by Crippen LogP contribution is 2.50. The van der Waals surface area contributed by atoms with E-state index in [2.05, 4.69) is 15.2 Å². The predicted molar refractivity (Wildman–Crippen MR) is 142 cm³/mol. The van der Waals surface area contributed by atoms with Gasteiger partial charge in [0.15, 0.2) is 0 Å². The summed E-state index contributed by atoms with van der Waals surface area (Å²) >= 11 is 0. The van der Waals surface area contributed by atoms with Crippen molar-refractivity contribution >= 4 is 17.7 Å². The van der Waals surface area contributed by atoms with Gasteiger partial charge in [-0.05, 0) is 41.0 Å². The first-order chi connectivity index (χ1) is 20.8. The summed E-state index contributed by atoms with van der Waals surface area (Å²) in [4.78, 5) is 29.5. The number of carbonyl (C=O) groups is 2. The first kappa shape index (κ1) is 35.1. The number of alkyl halides is 9. The predicted octanol–water partition coefficient (Wildman–Crippen LogP) is 6.04. The molecule has 45 heavy (non-hydrogen) atoms. The molecule has 2 amide bonds. The molecular weight excluding hydrogens is 627 g/mol. The Labute approximate surface area is 249 Å². The van der Waals surface area contributed by atoms with Crippen LogP contribution in [0.4, 0.5) is 50.0 Å². The summed E-state index contributed by atoms with van der Waals surface area (Å²) in [5, 5.41) is 19.4. The molecule has 3 N–H and O–H groups in total. The third-order valence-corrected chi connectivity index (χ3v) is 6.65. The molecule has 0 atom stereocenters. The molecule has 3 aromatic rings. The average molecular weight is 653 g/mol. The van der Waals surface area contributed by atoms with Crippen LogP contribution in [0.3, 0.4) is 0 Å². The van der Waals surface area contributed by atoms with Crippen LogP contribution in [0.2, 0.25) is 0 Å². The number of benzene rings is 2. The molecule has 0 bridgehead atoms. The molecule has 0 radical (unpaired) electrons. The lowest BCUT2D eigenvalue weighted by Gasteiger charge is -2.34. The molecule has 1 saturated heterocycles. The van der Waals surface area contributed by atoms with Gasteiger partial charge < -0.3 is 20.4 Å². The van der Waals surface area contributed by atoms with Crippen molar-refractivity contribution < 1.29 is 59.3 Å². The van der Waals surface area contributed by atoms with E-state index in [1.165, 1.54) is 0 Å². The van der Waals surface area contributed by atoms with Gasteiger partial charge in [-0.25, -0.2) is 9.59 Å². The van der Waals surface area contributed by atoms with Gasteiger partial charge in [0.2, 0.25) is 0 Å². The van der Waals surface area contributed by atoms with E-state index >= 15 is 0 Å². The van der Waals surface area contributed by atoms with Gasteiger partial charge in [0.1, 0.15) is 0 Å². The van der Waals surface area contributed by atoms with E-state index in [1.807, 2.05) is 12.1 Å². The van der Waals surface area contributed by atoms with Crippen LogP contribution in [-0.2, 0) is 16.9 Å². The molecular formula is C28H25F9N4O4. The van der Waals surface area contributed by atoms with Crippen molar-refractivity contribution in [2.45, 2.75) is 30.7 Å². The number of halogens is 9. The largest absolute Gasteiger partial charge is 0.490 e. The lowest BCUT2D eigenvalue weighted by atomic mass is 9.90. The van der Waals surface area contributed by atoms with Gasteiger partial charge in [-0.1, -0.05) is 36.4 Å². The SMILES string of the molecule is O=C(Nc1ccc(-c2ccc(C(O)(C(F)(F)F)C(F)(F)F)cc2)cc1)N1CCN(Cc2ccncc2)CC1.O=C(O)C(F)(F)F. The van der Waals surface area contributed by atoms with Gasteiger partial charge >= 0.3 is 30.5 Å². The number of piperazine rings is 1. The second kappa shape index (κ2) is 13.7. The summed E-state index contributed by atoms with van der Waals surface area (Å²) in [6.45, 7) is 3.28. The molecule has 8 nitrogen and oxygen atoms in total. The summed E-state index contributed by atoms with van der Waals surface area (Å²) in [6, 6.07) is 13.3. The standard InChI is InChI=1S/C26H24F6N4O2.C2HF3O2/c27-25(28,29)24(38,26(30,31)32)21-5-1-19(2-6-21)20-3-7-22(8-4-20)34-23(37)36-15-13-35(14-16-36)17-18-9-11-33-12-10-18;3-2(4,5)1(6)7/h1-12,38H,13-17H2,(H,34,37);(H,6,7). The minimum Gasteiger partial charge on any atom is -0.475 e. The molecule has 4 rings (SSSR count). The number of pyridine rings is 1. The normalized spacial score (nSPS) is 14.8. The number of aliphatic hydroxyl groups is 1. The fourth-order valence-electron chi connectivity index (χ4n) is 4.20. The van der Waals surface area contributed by atoms with Gasteiger partial charge in [-0.15, -0.1) is 0 Å². The second-order valence-corrected chi connectivity index (χ2v) is 9.71. The number of carbonyl (C=O) groups excluding carboxylic acids is 1. The maximum Gasteiger partial charge on any atom is 0.490 e. The Bertz CT molecular complexity index is 1410. The fourth-order valence-corrected chi connectivity index (χ4v) is 4.20. The van der Waals surface area contributed by atoms with E-state index in [9.17, 15) is 49.4 Å². The van der Waals surface area contributed by atoms with Crippen molar-refractivity contribution in [1.29, 1.82) is 0 Å². The lowest BCUT2D eigenvalue weighted by Crippen LogP contribution is -2.53. The number of urea groups is 1. The van der Waals surface area contributed by atoms with Crippen molar-refractivity contribution in [1.82, 2.24) is 14.8 Å². The number of nitrogens with zero attached hydrogens (tertiary/aromatic N) is 3. The van der Waals surface area contributed by atoms with Crippen molar-refractivity contribution in [3.05, 3.63) is 84.2 Å². The number of hydrogen-bond donors (Lipinski definition) is 3. The summed E-state index contributed by atoms with van der Waals surface area (Å²) < 4.78 is 110. The molecule has 0 aliphatic carbocycles. The zero-order valence-corrected chi connectivity index (χ0v) is 22.9. The van der Waals surface area contributed by atoms with Gasteiger partial charge in [0, 0.05) is 56.4 Å². The Kier molecular flexibility index (Phi) is 10.7. The number of hydrogen-bond acceptors (Lipinski definition) is 5. The van der Waals surface area contributed by atoms with Crippen LogP contribution in [0.1, 0.15) is 11.1 Å². The number of carboxylic acids is 1. The number of carboxylic acid groups (broad SMARTS) is 1. The number of nitrogens with one attached hydrogen (secondary N) is 1. The van der Waals surface area contributed by atoms with Crippen LogP contribution in [0.15, 0.2) is 73.1 Å². The zero-order chi connectivity index (χ0) is 33.6. The van der Waals surface area contributed by atoms with Crippen molar-refractivity contribution in [2.75, 3.05) is 31.5 Å². The molecule has 1 aromatic heterocycles. The summed E-state index contributed by atoms with van der Waals surface area (Å²) in [5.41, 5.74) is -3.84. The van der Waals surface area contributed by atoms with Gasteiger partial charge in [0.05, 0.1) is 0 Å². The Hall–Kier alpha value is -4.38. The van der Waals surface area contributed by atoms with Crippen molar-refractivity contribution in [2.24, 2.45) is 0 Å². The van der Waals surface area contributed by atoms with E-state index in [-0.39, 0.29) is 6.03 Å². The maximum atomic E-state index is 13.1. The van der Waals surface area contributed by atoms with E-state index < -0.39 is 35.7 Å². The number of amides is 2. The highest BCUT2D eigenvalue weighted by atomic mass is 19.4. The molecule has 17 heteroatoms. The zero-order valence-electron chi connectivity index (χ0n) is 22.9. The molecule has 0 unspecified atom stereocenters. The Morgan fingerprint density at radius 1 is 0.733 bits per heavy atom. The average Bonchev–Trinajstić information content (AvgIpc) is 2.97. The molecule has 2 heterocycles. The molecule has 0 spiro atoms. The molecule has 244 valence electrons. The quantitative estimate of drug-likeness (QED) is 0.290. The minimum absolute atomic E-state index is 0.274. The Balaban J connectivity index is 0.000000707. The van der Waals surface area contributed by atoms with Gasteiger partial charge in [-0.2, -0.15) is 39.5 Å². The molecule has 0 saturated carbocycles. The number of aromatic nitrogens is 1. The van der Waals surface area contributed by atoms with Crippen LogP contribution in [0.5, 0.6) is 0 Å². The fraction of sp³-hybridized carbons (Fsp3) is 0.321. The first-order valence-corrected chi connectivity index (χ1v) is 12.9. The Morgan fingerprint density at radius 2 is 1.18 bits per heavy atom. The topological polar surface area (TPSA) is 106 Å². The first-order valence-electron chi connectivity index (χ1n) is 12.9. The minimum atomic E-state index is -5.95. The van der Waals surface area contributed by atoms with Crippen LogP contribution >= 0.6 is 0 Å². The van der Waals surface area contributed by atoms with Crippen LogP contribution < -0.4 is 5.32 Å². The molecule has 2 aromatic carbocycles. The van der Waals surface area contributed by atoms with Gasteiger partial charge in [-0.3, -0.25) is 9.88 Å². The van der Waals surface area contributed by atoms with E-state index in [0.29, 0.717) is 55.1 Å². The second-order valence-electron chi connectivity index (χ2n) is 9.71. The molecule has 1 aliphatic heterocycles. The Morgan fingerprint density at radius 3 is 1.60 bits per heavy atom. The monoisotopic (exact) mass is 652 g/mol. The summed E-state index contributed by atoms with van der Waals surface area (Å²) in [6.07, 6.45) is -13.5. The van der Waals surface area contributed by atoms with E-state index in [4.69, 9.17) is 9.90 Å². The van der Waals surface area contributed by atoms with Crippen molar-refractivity contribution in [3.8, 4) is 11.1 Å². The maximum absolute atomic E-state index is 13.1. The number of aliphatic carboxylic acids is 1. The van der Waals surface area contributed by atoms with E-state index in [0.717, 1.165) is 24.2 Å². The highest BCUT2D eigenvalue weighted by Gasteiger charge is 2.71. The van der Waals surface area contributed by atoms with Crippen LogP contribution in [0.25, 0.3) is 11.1 Å². The van der Waals surface area contributed by atoms with E-state index in [1.54, 1.807) is 41.6 Å².